The summed E-state index contributed by atoms with van der Waals surface area (Å²) in [4.78, 5) is 15.0. The molecule has 0 aliphatic carbocycles. The topological polar surface area (TPSA) is 44.9 Å². The van der Waals surface area contributed by atoms with E-state index in [0.717, 1.165) is 28.0 Å². The van der Waals surface area contributed by atoms with Gasteiger partial charge in [-0.15, -0.1) is 0 Å². The number of aromatic nitrogens is 1. The first-order valence-corrected chi connectivity index (χ1v) is 7.38. The maximum absolute atomic E-state index is 11.6. The van der Waals surface area contributed by atoms with E-state index in [1.165, 1.54) is 5.56 Å². The summed E-state index contributed by atoms with van der Waals surface area (Å²) >= 11 is 6.06. The van der Waals surface area contributed by atoms with E-state index in [1.54, 1.807) is 0 Å². The van der Waals surface area contributed by atoms with Crippen molar-refractivity contribution in [2.75, 3.05) is 6.54 Å². The predicted octanol–water partition coefficient (Wildman–Crippen LogP) is 3.83. The van der Waals surface area contributed by atoms with Crippen LogP contribution >= 0.6 is 11.6 Å². The van der Waals surface area contributed by atoms with E-state index in [1.807, 2.05) is 32.0 Å². The molecule has 0 unspecified atom stereocenters. The van der Waals surface area contributed by atoms with Crippen LogP contribution in [0.4, 0.5) is 0 Å². The molecule has 4 heteroatoms. The average molecular weight is 293 g/mol. The number of carbonyl (C=O) groups excluding carboxylic acids is 1. The second-order valence-corrected chi connectivity index (χ2v) is 6.05. The van der Waals surface area contributed by atoms with Crippen molar-refractivity contribution >= 4 is 28.4 Å². The summed E-state index contributed by atoms with van der Waals surface area (Å²) in [5.74, 6) is 0.513. The molecule has 0 atom stereocenters. The van der Waals surface area contributed by atoms with Crippen LogP contribution in [-0.2, 0) is 11.2 Å². The van der Waals surface area contributed by atoms with Gasteiger partial charge in [0, 0.05) is 34.6 Å². The summed E-state index contributed by atoms with van der Waals surface area (Å²) in [6, 6.07) is 5.85. The lowest BCUT2D eigenvalue weighted by Gasteiger charge is -2.07. The molecule has 1 aromatic heterocycles. The first kappa shape index (κ1) is 14.9. The molecule has 0 saturated heterocycles. The van der Waals surface area contributed by atoms with Crippen LogP contribution in [0.25, 0.3) is 10.9 Å². The van der Waals surface area contributed by atoms with Gasteiger partial charge in [-0.1, -0.05) is 25.4 Å². The Morgan fingerprint density at radius 2 is 2.15 bits per heavy atom. The fourth-order valence-electron chi connectivity index (χ4n) is 2.45. The highest BCUT2D eigenvalue weighted by molar-refractivity contribution is 6.31. The molecule has 1 heterocycles. The van der Waals surface area contributed by atoms with Crippen LogP contribution in [0.3, 0.4) is 0 Å². The highest BCUT2D eigenvalue weighted by Crippen LogP contribution is 2.25. The Bertz CT molecular complexity index is 616. The molecule has 0 spiro atoms. The molecule has 0 radical (unpaired) electrons. The van der Waals surface area contributed by atoms with E-state index in [4.69, 9.17) is 11.6 Å². The minimum Gasteiger partial charge on any atom is -0.358 e. The number of aryl methyl sites for hydroxylation is 1. The standard InChI is InChI=1S/C16H21ClN2O/c1-10(2)8-16(20)18-7-6-13-11(3)19-15-5-4-12(17)9-14(13)15/h4-5,9-10,19H,6-8H2,1-3H3,(H,18,20). The number of rotatable bonds is 5. The fourth-order valence-corrected chi connectivity index (χ4v) is 2.62. The van der Waals surface area contributed by atoms with Crippen LogP contribution < -0.4 is 5.32 Å². The maximum atomic E-state index is 11.6. The van der Waals surface area contributed by atoms with Gasteiger partial charge in [0.15, 0.2) is 0 Å². The molecule has 0 saturated carbocycles. The number of H-pyrrole nitrogens is 1. The third kappa shape index (κ3) is 3.54. The van der Waals surface area contributed by atoms with E-state index < -0.39 is 0 Å². The lowest BCUT2D eigenvalue weighted by atomic mass is 10.1. The van der Waals surface area contributed by atoms with Crippen molar-refractivity contribution in [3.8, 4) is 0 Å². The van der Waals surface area contributed by atoms with E-state index in [9.17, 15) is 4.79 Å². The molecule has 3 nitrogen and oxygen atoms in total. The number of halogens is 1. The van der Waals surface area contributed by atoms with Crippen molar-refractivity contribution < 1.29 is 4.79 Å². The minimum atomic E-state index is 0.121. The molecule has 2 rings (SSSR count). The number of aromatic amines is 1. The molecule has 108 valence electrons. The molecule has 0 bridgehead atoms. The molecule has 0 fully saturated rings. The van der Waals surface area contributed by atoms with Crippen LogP contribution in [0, 0.1) is 12.8 Å². The van der Waals surface area contributed by atoms with Crippen LogP contribution in [0.2, 0.25) is 5.02 Å². The molecule has 1 amide bonds. The van der Waals surface area contributed by atoms with Crippen LogP contribution in [0.1, 0.15) is 31.5 Å². The lowest BCUT2D eigenvalue weighted by molar-refractivity contribution is -0.121. The lowest BCUT2D eigenvalue weighted by Crippen LogP contribution is -2.26. The first-order valence-electron chi connectivity index (χ1n) is 7.00. The third-order valence-corrected chi connectivity index (χ3v) is 3.61. The van der Waals surface area contributed by atoms with Crippen LogP contribution in [-0.4, -0.2) is 17.4 Å². The average Bonchev–Trinajstić information content (AvgIpc) is 2.65. The molecular weight excluding hydrogens is 272 g/mol. The largest absolute Gasteiger partial charge is 0.358 e. The zero-order chi connectivity index (χ0) is 14.7. The fraction of sp³-hybridized carbons (Fsp3) is 0.438. The Labute approximate surface area is 124 Å². The number of benzene rings is 1. The second kappa shape index (κ2) is 6.31. The molecule has 0 aliphatic rings. The van der Waals surface area contributed by atoms with Crippen LogP contribution in [0.15, 0.2) is 18.2 Å². The monoisotopic (exact) mass is 292 g/mol. The third-order valence-electron chi connectivity index (χ3n) is 3.37. The molecule has 20 heavy (non-hydrogen) atoms. The van der Waals surface area contributed by atoms with Crippen molar-refractivity contribution in [1.82, 2.24) is 10.3 Å². The van der Waals surface area contributed by atoms with Crippen molar-refractivity contribution in [3.05, 3.63) is 34.5 Å². The van der Waals surface area contributed by atoms with Gasteiger partial charge in [0.2, 0.25) is 5.91 Å². The van der Waals surface area contributed by atoms with Gasteiger partial charge in [0.25, 0.3) is 0 Å². The molecular formula is C16H21ClN2O. The number of hydrogen-bond donors (Lipinski definition) is 2. The van der Waals surface area contributed by atoms with Crippen molar-refractivity contribution in [3.63, 3.8) is 0 Å². The second-order valence-electron chi connectivity index (χ2n) is 5.62. The van der Waals surface area contributed by atoms with Crippen molar-refractivity contribution in [2.45, 2.75) is 33.6 Å². The summed E-state index contributed by atoms with van der Waals surface area (Å²) in [5, 5.41) is 4.86. The minimum absolute atomic E-state index is 0.121. The van der Waals surface area contributed by atoms with Gasteiger partial charge in [-0.2, -0.15) is 0 Å². The Kier molecular flexibility index (Phi) is 4.71. The van der Waals surface area contributed by atoms with E-state index in [-0.39, 0.29) is 5.91 Å². The maximum Gasteiger partial charge on any atom is 0.220 e. The van der Waals surface area contributed by atoms with E-state index in [0.29, 0.717) is 18.9 Å². The quantitative estimate of drug-likeness (QED) is 0.864. The highest BCUT2D eigenvalue weighted by atomic mass is 35.5. The molecule has 0 aliphatic heterocycles. The number of hydrogen-bond acceptors (Lipinski definition) is 1. The zero-order valence-electron chi connectivity index (χ0n) is 12.2. The number of nitrogens with one attached hydrogen (secondary N) is 2. The Morgan fingerprint density at radius 3 is 2.85 bits per heavy atom. The van der Waals surface area contributed by atoms with E-state index in [2.05, 4.69) is 17.2 Å². The predicted molar refractivity (Wildman–Crippen MR) is 84.2 cm³/mol. The smallest absolute Gasteiger partial charge is 0.220 e. The van der Waals surface area contributed by atoms with Gasteiger partial charge in [0.05, 0.1) is 0 Å². The van der Waals surface area contributed by atoms with Gasteiger partial charge in [-0.05, 0) is 43.0 Å². The van der Waals surface area contributed by atoms with Gasteiger partial charge < -0.3 is 10.3 Å². The Balaban J connectivity index is 2.04. The number of fused-ring (bicyclic) bond motifs is 1. The normalized spacial score (nSPS) is 11.2. The van der Waals surface area contributed by atoms with Crippen LogP contribution in [0.5, 0.6) is 0 Å². The SMILES string of the molecule is Cc1[nH]c2ccc(Cl)cc2c1CCNC(=O)CC(C)C. The first-order chi connectivity index (χ1) is 9.47. The zero-order valence-corrected chi connectivity index (χ0v) is 13.0. The number of carbonyl (C=O) groups is 1. The highest BCUT2D eigenvalue weighted by Gasteiger charge is 2.10. The van der Waals surface area contributed by atoms with Gasteiger partial charge in [-0.3, -0.25) is 4.79 Å². The summed E-state index contributed by atoms with van der Waals surface area (Å²) in [6.07, 6.45) is 1.40. The van der Waals surface area contributed by atoms with Gasteiger partial charge >= 0.3 is 0 Å². The van der Waals surface area contributed by atoms with Crippen molar-refractivity contribution in [1.29, 1.82) is 0 Å². The summed E-state index contributed by atoms with van der Waals surface area (Å²) in [5.41, 5.74) is 3.46. The molecule has 1 aromatic carbocycles. The Morgan fingerprint density at radius 1 is 1.40 bits per heavy atom. The summed E-state index contributed by atoms with van der Waals surface area (Å²) < 4.78 is 0. The number of amides is 1. The Hall–Kier alpha value is -1.48. The summed E-state index contributed by atoms with van der Waals surface area (Å²) in [7, 11) is 0. The van der Waals surface area contributed by atoms with Crippen molar-refractivity contribution in [2.24, 2.45) is 5.92 Å². The molecule has 2 N–H and O–H groups in total. The molecule has 2 aromatic rings. The summed E-state index contributed by atoms with van der Waals surface area (Å²) in [6.45, 7) is 6.81. The van der Waals surface area contributed by atoms with Gasteiger partial charge in [0.1, 0.15) is 0 Å². The van der Waals surface area contributed by atoms with E-state index >= 15 is 0 Å². The van der Waals surface area contributed by atoms with Gasteiger partial charge in [-0.25, -0.2) is 0 Å².